The van der Waals surface area contributed by atoms with Crippen LogP contribution >= 0.6 is 0 Å². The predicted octanol–water partition coefficient (Wildman–Crippen LogP) is 3.47. The third kappa shape index (κ3) is 4.87. The molecule has 6 nitrogen and oxygen atoms in total. The highest BCUT2D eigenvalue weighted by atomic mass is 32.2. The van der Waals surface area contributed by atoms with Crippen molar-refractivity contribution in [2.24, 2.45) is 0 Å². The number of anilines is 1. The van der Waals surface area contributed by atoms with Crippen molar-refractivity contribution in [3.05, 3.63) is 54.1 Å². The minimum atomic E-state index is -3.62. The van der Waals surface area contributed by atoms with Gasteiger partial charge in [-0.3, -0.25) is 4.79 Å². The molecule has 0 saturated carbocycles. The van der Waals surface area contributed by atoms with Crippen molar-refractivity contribution in [3.63, 3.8) is 0 Å². The summed E-state index contributed by atoms with van der Waals surface area (Å²) in [7, 11) is 0.787. The van der Waals surface area contributed by atoms with E-state index in [1.54, 1.807) is 6.07 Å². The molecule has 0 aliphatic carbocycles. The van der Waals surface area contributed by atoms with Crippen LogP contribution in [0.4, 0.5) is 5.69 Å². The first-order valence-electron chi connectivity index (χ1n) is 8.77. The van der Waals surface area contributed by atoms with E-state index in [0.29, 0.717) is 17.9 Å². The third-order valence-electron chi connectivity index (χ3n) is 4.30. The van der Waals surface area contributed by atoms with Crippen LogP contribution in [0, 0.1) is 0 Å². The molecule has 0 bridgehead atoms. The molecule has 0 spiro atoms. The first-order valence-corrected chi connectivity index (χ1v) is 10.2. The minimum Gasteiger partial charge on any atom is -0.495 e. The average Bonchev–Trinajstić information content (AvgIpc) is 2.66. The lowest BCUT2D eigenvalue weighted by Crippen LogP contribution is -2.24. The number of sulfonamides is 1. The van der Waals surface area contributed by atoms with Gasteiger partial charge in [-0.1, -0.05) is 43.7 Å². The monoisotopic (exact) mass is 390 g/mol. The van der Waals surface area contributed by atoms with E-state index in [1.807, 2.05) is 37.3 Å². The number of carbonyl (C=O) groups is 1. The Morgan fingerprint density at radius 1 is 1.15 bits per heavy atom. The lowest BCUT2D eigenvalue weighted by atomic mass is 9.93. The fourth-order valence-electron chi connectivity index (χ4n) is 2.80. The molecule has 0 saturated heterocycles. The molecule has 1 atom stereocenters. The molecule has 1 amide bonds. The predicted molar refractivity (Wildman–Crippen MR) is 107 cm³/mol. The van der Waals surface area contributed by atoms with Gasteiger partial charge in [0.05, 0.1) is 23.6 Å². The highest BCUT2D eigenvalue weighted by Crippen LogP contribution is 2.30. The Hall–Kier alpha value is -2.38. The summed E-state index contributed by atoms with van der Waals surface area (Å²) in [6.45, 7) is 2.02. The lowest BCUT2D eigenvalue weighted by Gasteiger charge is -2.19. The number of benzene rings is 2. The van der Waals surface area contributed by atoms with Crippen LogP contribution in [0.1, 0.15) is 31.2 Å². The molecule has 0 aliphatic heterocycles. The van der Waals surface area contributed by atoms with Crippen LogP contribution in [-0.2, 0) is 14.8 Å². The van der Waals surface area contributed by atoms with Crippen LogP contribution in [0.3, 0.4) is 0 Å². The Bertz CT molecular complexity index is 880. The van der Waals surface area contributed by atoms with Crippen molar-refractivity contribution >= 4 is 21.6 Å². The van der Waals surface area contributed by atoms with Gasteiger partial charge in [-0.2, -0.15) is 0 Å². The van der Waals surface area contributed by atoms with E-state index in [0.717, 1.165) is 16.3 Å². The Morgan fingerprint density at radius 2 is 1.81 bits per heavy atom. The van der Waals surface area contributed by atoms with E-state index in [1.165, 1.54) is 33.3 Å². The van der Waals surface area contributed by atoms with Gasteiger partial charge < -0.3 is 10.1 Å². The van der Waals surface area contributed by atoms with Gasteiger partial charge in [-0.25, -0.2) is 12.7 Å². The topological polar surface area (TPSA) is 75.7 Å². The zero-order chi connectivity index (χ0) is 20.0. The van der Waals surface area contributed by atoms with Crippen molar-refractivity contribution in [2.75, 3.05) is 26.5 Å². The van der Waals surface area contributed by atoms with Gasteiger partial charge in [0.25, 0.3) is 0 Å². The Morgan fingerprint density at radius 3 is 2.37 bits per heavy atom. The SMILES string of the molecule is CCC[C@@H](C(=O)Nc1cc(S(=O)(=O)N(C)C)ccc1OC)c1ccccc1. The molecule has 7 heteroatoms. The second kappa shape index (κ2) is 9.01. The van der Waals surface area contributed by atoms with Crippen molar-refractivity contribution in [2.45, 2.75) is 30.6 Å². The molecule has 2 aromatic carbocycles. The maximum atomic E-state index is 12.9. The number of carbonyl (C=O) groups excluding carboxylic acids is 1. The van der Waals surface area contributed by atoms with E-state index < -0.39 is 10.0 Å². The van der Waals surface area contributed by atoms with Crippen LogP contribution in [-0.4, -0.2) is 39.8 Å². The second-order valence-electron chi connectivity index (χ2n) is 6.39. The molecule has 2 aromatic rings. The van der Waals surface area contributed by atoms with Crippen LogP contribution in [0.2, 0.25) is 0 Å². The molecule has 0 aliphatic rings. The molecule has 0 radical (unpaired) electrons. The standard InChI is InChI=1S/C20H26N2O4S/c1-5-9-17(15-10-7-6-8-11-15)20(23)21-18-14-16(12-13-19(18)26-4)27(24,25)22(2)3/h6-8,10-14,17H,5,9H2,1-4H3,(H,21,23)/t17-/m1/s1. The summed E-state index contributed by atoms with van der Waals surface area (Å²) in [4.78, 5) is 13.0. The summed E-state index contributed by atoms with van der Waals surface area (Å²) >= 11 is 0. The van der Waals surface area contributed by atoms with Crippen LogP contribution in [0.5, 0.6) is 5.75 Å². The molecule has 0 unspecified atom stereocenters. The number of ether oxygens (including phenoxy) is 1. The van der Waals surface area contributed by atoms with Crippen LogP contribution in [0.15, 0.2) is 53.4 Å². The fraction of sp³-hybridized carbons (Fsp3) is 0.350. The van der Waals surface area contributed by atoms with Crippen LogP contribution in [0.25, 0.3) is 0 Å². The van der Waals surface area contributed by atoms with E-state index in [-0.39, 0.29) is 16.7 Å². The number of nitrogens with one attached hydrogen (secondary N) is 1. The zero-order valence-electron chi connectivity index (χ0n) is 16.1. The summed E-state index contributed by atoms with van der Waals surface area (Å²) in [6.07, 6.45) is 1.53. The summed E-state index contributed by atoms with van der Waals surface area (Å²) < 4.78 is 31.2. The summed E-state index contributed by atoms with van der Waals surface area (Å²) in [5.41, 5.74) is 1.26. The van der Waals surface area contributed by atoms with Gasteiger partial charge in [0.2, 0.25) is 15.9 Å². The summed E-state index contributed by atoms with van der Waals surface area (Å²) in [6, 6.07) is 14.0. The molecule has 0 fully saturated rings. The highest BCUT2D eigenvalue weighted by Gasteiger charge is 2.23. The van der Waals surface area contributed by atoms with Crippen molar-refractivity contribution < 1.29 is 17.9 Å². The average molecular weight is 391 g/mol. The Kier molecular flexibility index (Phi) is 6.98. The van der Waals surface area contributed by atoms with Crippen molar-refractivity contribution in [1.82, 2.24) is 4.31 Å². The fourth-order valence-corrected chi connectivity index (χ4v) is 3.73. The van der Waals surface area contributed by atoms with Crippen LogP contribution < -0.4 is 10.1 Å². The smallest absolute Gasteiger partial charge is 0.242 e. The van der Waals surface area contributed by atoms with Gasteiger partial charge >= 0.3 is 0 Å². The Balaban J connectivity index is 2.37. The molecule has 0 heterocycles. The number of hydrogen-bond acceptors (Lipinski definition) is 4. The first-order chi connectivity index (χ1) is 12.8. The number of nitrogens with zero attached hydrogens (tertiary/aromatic N) is 1. The maximum absolute atomic E-state index is 12.9. The molecule has 2 rings (SSSR count). The quantitative estimate of drug-likeness (QED) is 0.749. The lowest BCUT2D eigenvalue weighted by molar-refractivity contribution is -0.117. The Labute approximate surface area is 161 Å². The molecule has 0 aromatic heterocycles. The van der Waals surface area contributed by atoms with E-state index in [4.69, 9.17) is 4.74 Å². The number of methoxy groups -OCH3 is 1. The van der Waals surface area contributed by atoms with Gasteiger partial charge in [0, 0.05) is 14.1 Å². The maximum Gasteiger partial charge on any atom is 0.242 e. The van der Waals surface area contributed by atoms with E-state index >= 15 is 0 Å². The van der Waals surface area contributed by atoms with Gasteiger partial charge in [0.15, 0.2) is 0 Å². The van der Waals surface area contributed by atoms with Gasteiger partial charge in [-0.05, 0) is 30.2 Å². The molecular weight excluding hydrogens is 364 g/mol. The summed E-state index contributed by atoms with van der Waals surface area (Å²) in [5, 5.41) is 2.85. The highest BCUT2D eigenvalue weighted by molar-refractivity contribution is 7.89. The molecule has 146 valence electrons. The first kappa shape index (κ1) is 20.9. The minimum absolute atomic E-state index is 0.0929. The van der Waals surface area contributed by atoms with Crippen molar-refractivity contribution in [3.8, 4) is 5.75 Å². The normalized spacial score (nSPS) is 12.6. The number of amides is 1. The number of rotatable bonds is 8. The molecule has 27 heavy (non-hydrogen) atoms. The summed E-state index contributed by atoms with van der Waals surface area (Å²) in [5.74, 6) is -0.111. The van der Waals surface area contributed by atoms with Crippen molar-refractivity contribution in [1.29, 1.82) is 0 Å². The van der Waals surface area contributed by atoms with E-state index in [9.17, 15) is 13.2 Å². The van der Waals surface area contributed by atoms with E-state index in [2.05, 4.69) is 5.32 Å². The molecule has 1 N–H and O–H groups in total. The number of hydrogen-bond donors (Lipinski definition) is 1. The van der Waals surface area contributed by atoms with Gasteiger partial charge in [0.1, 0.15) is 5.75 Å². The largest absolute Gasteiger partial charge is 0.495 e. The van der Waals surface area contributed by atoms with Gasteiger partial charge in [-0.15, -0.1) is 0 Å². The zero-order valence-corrected chi connectivity index (χ0v) is 16.9. The second-order valence-corrected chi connectivity index (χ2v) is 8.54. The third-order valence-corrected chi connectivity index (χ3v) is 6.11. The molecular formula is C20H26N2O4S.